The molecule has 8 heteroatoms. The normalized spacial score (nSPS) is 20.7. The topological polar surface area (TPSA) is 115 Å². The van der Waals surface area contributed by atoms with Gasteiger partial charge in [0, 0.05) is 19.1 Å². The lowest BCUT2D eigenvalue weighted by Gasteiger charge is -2.42. The number of anilines is 1. The zero-order chi connectivity index (χ0) is 16.7. The Balaban J connectivity index is 2.36. The number of nitrogens with zero attached hydrogens (tertiary/aromatic N) is 2. The van der Waals surface area contributed by atoms with Crippen molar-refractivity contribution in [2.75, 3.05) is 18.8 Å². The third kappa shape index (κ3) is 2.87. The van der Waals surface area contributed by atoms with Crippen LogP contribution in [-0.2, 0) is 0 Å². The average molecular weight is 310 g/mol. The van der Waals surface area contributed by atoms with Crippen molar-refractivity contribution in [1.29, 1.82) is 0 Å². The zero-order valence-corrected chi connectivity index (χ0v) is 12.5. The minimum absolute atomic E-state index is 0.0456. The molecule has 0 spiro atoms. The molecular weight excluding hydrogens is 291 g/mol. The van der Waals surface area contributed by atoms with E-state index < -0.39 is 22.3 Å². The van der Waals surface area contributed by atoms with Crippen LogP contribution in [-0.4, -0.2) is 34.9 Å². The first kappa shape index (κ1) is 16.2. The van der Waals surface area contributed by atoms with Crippen LogP contribution in [0.25, 0.3) is 0 Å². The smallest absolute Gasteiger partial charge is 0.295 e. The van der Waals surface area contributed by atoms with Gasteiger partial charge >= 0.3 is 0 Å². The SMILES string of the molecule is CC1(C)CN(C(=O)c2cc(F)cc([N+](=O)[O-])c2N)CCC1N. The second-order valence-electron chi connectivity index (χ2n) is 6.25. The van der Waals surface area contributed by atoms with Gasteiger partial charge in [0.1, 0.15) is 11.5 Å². The first-order valence-electron chi connectivity index (χ1n) is 6.92. The van der Waals surface area contributed by atoms with Crippen LogP contribution in [0.2, 0.25) is 0 Å². The number of nitro groups is 1. The number of nitrogen functional groups attached to an aromatic ring is 1. The van der Waals surface area contributed by atoms with E-state index in [0.717, 1.165) is 6.07 Å². The molecule has 1 aromatic rings. The van der Waals surface area contributed by atoms with Crippen molar-refractivity contribution in [1.82, 2.24) is 4.90 Å². The van der Waals surface area contributed by atoms with Crippen LogP contribution in [0.4, 0.5) is 15.8 Å². The molecule has 4 N–H and O–H groups in total. The number of amides is 1. The molecule has 120 valence electrons. The first-order chi connectivity index (χ1) is 10.1. The summed E-state index contributed by atoms with van der Waals surface area (Å²) in [7, 11) is 0. The summed E-state index contributed by atoms with van der Waals surface area (Å²) in [5.74, 6) is -1.38. The van der Waals surface area contributed by atoms with E-state index >= 15 is 0 Å². The molecular formula is C14H19FN4O3. The van der Waals surface area contributed by atoms with Crippen LogP contribution < -0.4 is 11.5 Å². The van der Waals surface area contributed by atoms with Gasteiger partial charge in [-0.05, 0) is 17.9 Å². The number of piperidine rings is 1. The maximum atomic E-state index is 13.6. The Morgan fingerprint density at radius 1 is 1.50 bits per heavy atom. The number of rotatable bonds is 2. The fourth-order valence-electron chi connectivity index (χ4n) is 2.65. The predicted molar refractivity (Wildman–Crippen MR) is 79.7 cm³/mol. The fraction of sp³-hybridized carbons (Fsp3) is 0.500. The Labute approximate surface area is 127 Å². The number of carbonyl (C=O) groups is 1. The number of carbonyl (C=O) groups excluding carboxylic acids is 1. The summed E-state index contributed by atoms with van der Waals surface area (Å²) in [5, 5.41) is 10.9. The predicted octanol–water partition coefficient (Wildman–Crippen LogP) is 1.52. The van der Waals surface area contributed by atoms with Gasteiger partial charge < -0.3 is 16.4 Å². The van der Waals surface area contributed by atoms with Gasteiger partial charge in [0.05, 0.1) is 16.6 Å². The van der Waals surface area contributed by atoms with Crippen molar-refractivity contribution in [2.45, 2.75) is 26.3 Å². The highest BCUT2D eigenvalue weighted by molar-refractivity contribution is 6.01. The summed E-state index contributed by atoms with van der Waals surface area (Å²) in [4.78, 5) is 24.2. The first-order valence-corrected chi connectivity index (χ1v) is 6.92. The fourth-order valence-corrected chi connectivity index (χ4v) is 2.65. The quantitative estimate of drug-likeness (QED) is 0.488. The molecule has 1 saturated heterocycles. The van der Waals surface area contributed by atoms with Crippen LogP contribution >= 0.6 is 0 Å². The molecule has 0 aromatic heterocycles. The van der Waals surface area contributed by atoms with E-state index in [-0.39, 0.29) is 22.7 Å². The van der Waals surface area contributed by atoms with Crippen LogP contribution in [0.15, 0.2) is 12.1 Å². The molecule has 1 aromatic carbocycles. The Morgan fingerprint density at radius 2 is 2.14 bits per heavy atom. The Morgan fingerprint density at radius 3 is 2.68 bits per heavy atom. The van der Waals surface area contributed by atoms with Crippen molar-refractivity contribution < 1.29 is 14.1 Å². The van der Waals surface area contributed by atoms with Gasteiger partial charge in [-0.3, -0.25) is 14.9 Å². The van der Waals surface area contributed by atoms with Crippen LogP contribution in [0.3, 0.4) is 0 Å². The second-order valence-corrected chi connectivity index (χ2v) is 6.25. The molecule has 0 radical (unpaired) electrons. The molecule has 1 aliphatic rings. The van der Waals surface area contributed by atoms with Crippen LogP contribution in [0.5, 0.6) is 0 Å². The summed E-state index contributed by atoms with van der Waals surface area (Å²) in [6.07, 6.45) is 0.607. The van der Waals surface area contributed by atoms with Gasteiger partial charge in [-0.15, -0.1) is 0 Å². The van der Waals surface area contributed by atoms with Gasteiger partial charge in [-0.25, -0.2) is 4.39 Å². The summed E-state index contributed by atoms with van der Waals surface area (Å²) < 4.78 is 13.6. The van der Waals surface area contributed by atoms with E-state index in [0.29, 0.717) is 25.6 Å². The van der Waals surface area contributed by atoms with E-state index in [1.54, 1.807) is 0 Å². The molecule has 1 amide bonds. The minimum atomic E-state index is -0.864. The molecule has 0 aliphatic carbocycles. The number of nitrogens with two attached hydrogens (primary N) is 2. The third-order valence-corrected chi connectivity index (χ3v) is 4.15. The molecule has 1 heterocycles. The van der Waals surface area contributed by atoms with Crippen molar-refractivity contribution in [2.24, 2.45) is 11.1 Å². The monoisotopic (exact) mass is 310 g/mol. The number of halogens is 1. The molecule has 22 heavy (non-hydrogen) atoms. The Kier molecular flexibility index (Phi) is 4.06. The van der Waals surface area contributed by atoms with Crippen LogP contribution in [0.1, 0.15) is 30.6 Å². The maximum Gasteiger partial charge on any atom is 0.295 e. The number of likely N-dealkylation sites (tertiary alicyclic amines) is 1. The summed E-state index contributed by atoms with van der Waals surface area (Å²) in [5.41, 5.74) is 10.3. The minimum Gasteiger partial charge on any atom is -0.393 e. The maximum absolute atomic E-state index is 13.6. The summed E-state index contributed by atoms with van der Waals surface area (Å²) in [6.45, 7) is 4.67. The van der Waals surface area contributed by atoms with Crippen molar-refractivity contribution in [3.63, 3.8) is 0 Å². The molecule has 1 unspecified atom stereocenters. The number of nitro benzene ring substituents is 1. The average Bonchev–Trinajstić information content (AvgIpc) is 2.42. The third-order valence-electron chi connectivity index (χ3n) is 4.15. The van der Waals surface area contributed by atoms with E-state index in [1.165, 1.54) is 4.90 Å². The molecule has 7 nitrogen and oxygen atoms in total. The van der Waals surface area contributed by atoms with Gasteiger partial charge in [0.25, 0.3) is 11.6 Å². The highest BCUT2D eigenvalue weighted by Crippen LogP contribution is 2.32. The lowest BCUT2D eigenvalue weighted by atomic mass is 9.79. The largest absolute Gasteiger partial charge is 0.393 e. The van der Waals surface area contributed by atoms with E-state index in [2.05, 4.69) is 0 Å². The number of benzene rings is 1. The van der Waals surface area contributed by atoms with E-state index in [9.17, 15) is 19.3 Å². The van der Waals surface area contributed by atoms with Gasteiger partial charge in [-0.2, -0.15) is 0 Å². The van der Waals surface area contributed by atoms with Gasteiger partial charge in [0.15, 0.2) is 0 Å². The zero-order valence-electron chi connectivity index (χ0n) is 12.5. The van der Waals surface area contributed by atoms with Crippen molar-refractivity contribution >= 4 is 17.3 Å². The van der Waals surface area contributed by atoms with E-state index in [1.807, 2.05) is 13.8 Å². The number of hydrogen-bond acceptors (Lipinski definition) is 5. The molecule has 1 atom stereocenters. The van der Waals surface area contributed by atoms with Crippen molar-refractivity contribution in [3.8, 4) is 0 Å². The summed E-state index contributed by atoms with van der Waals surface area (Å²) >= 11 is 0. The van der Waals surface area contributed by atoms with E-state index in [4.69, 9.17) is 11.5 Å². The summed E-state index contributed by atoms with van der Waals surface area (Å²) in [6, 6.07) is 1.60. The molecule has 0 saturated carbocycles. The lowest BCUT2D eigenvalue weighted by Crippen LogP contribution is -2.54. The molecule has 1 aliphatic heterocycles. The number of hydrogen-bond donors (Lipinski definition) is 2. The van der Waals surface area contributed by atoms with Crippen molar-refractivity contribution in [3.05, 3.63) is 33.6 Å². The Hall–Kier alpha value is -2.22. The standard InChI is InChI=1S/C14H19FN4O3/c1-14(2)7-18(4-3-11(14)16)13(20)9-5-8(15)6-10(12(9)17)19(21)22/h5-6,11H,3-4,7,16-17H2,1-2H3. The molecule has 0 bridgehead atoms. The van der Waals surface area contributed by atoms with Gasteiger partial charge in [-0.1, -0.05) is 13.8 Å². The van der Waals surface area contributed by atoms with Gasteiger partial charge in [0.2, 0.25) is 0 Å². The van der Waals surface area contributed by atoms with Crippen LogP contribution in [0, 0.1) is 21.3 Å². The Bertz CT molecular complexity index is 633. The molecule has 1 fully saturated rings. The lowest BCUT2D eigenvalue weighted by molar-refractivity contribution is -0.384. The molecule has 2 rings (SSSR count). The highest BCUT2D eigenvalue weighted by atomic mass is 19.1. The second kappa shape index (κ2) is 5.53. The highest BCUT2D eigenvalue weighted by Gasteiger charge is 2.36.